The van der Waals surface area contributed by atoms with Gasteiger partial charge in [-0.15, -0.1) is 0 Å². The molecule has 0 saturated heterocycles. The Morgan fingerprint density at radius 2 is 2.25 bits per heavy atom. The van der Waals surface area contributed by atoms with Gasteiger partial charge in [0.25, 0.3) is 10.1 Å². The van der Waals surface area contributed by atoms with Gasteiger partial charge in [0.2, 0.25) is 6.41 Å². The molecule has 0 bridgehead atoms. The molecule has 0 aliphatic rings. The van der Waals surface area contributed by atoms with E-state index in [0.29, 0.717) is 6.41 Å². The third kappa shape index (κ3) is 4.27. The summed E-state index contributed by atoms with van der Waals surface area (Å²) in [6.45, 7) is 1.31. The van der Waals surface area contributed by atoms with Crippen molar-refractivity contribution < 1.29 is 22.5 Å². The van der Waals surface area contributed by atoms with Gasteiger partial charge < -0.3 is 10.1 Å². The van der Waals surface area contributed by atoms with Crippen molar-refractivity contribution in [3.05, 3.63) is 0 Å². The molecular weight excluding hydrogens is 186 g/mol. The van der Waals surface area contributed by atoms with E-state index in [1.54, 1.807) is 6.92 Å². The van der Waals surface area contributed by atoms with Gasteiger partial charge in [0, 0.05) is 0 Å². The molecule has 1 amide bonds. The highest BCUT2D eigenvalue weighted by Crippen LogP contribution is 2.04. The van der Waals surface area contributed by atoms with Gasteiger partial charge in [-0.2, -0.15) is 8.42 Å². The number of hydrogen-bond donors (Lipinski definition) is 2. The van der Waals surface area contributed by atoms with Crippen LogP contribution in [0.2, 0.25) is 0 Å². The zero-order chi connectivity index (χ0) is 9.61. The number of nitrogens with one attached hydrogen (secondary N) is 1. The zero-order valence-electron chi connectivity index (χ0n) is 6.56. The molecule has 0 saturated carbocycles. The molecule has 0 radical (unpaired) electrons. The van der Waals surface area contributed by atoms with Crippen LogP contribution in [-0.2, 0) is 19.6 Å². The van der Waals surface area contributed by atoms with Crippen molar-refractivity contribution >= 4 is 16.5 Å². The maximum absolute atomic E-state index is 10.5. The summed E-state index contributed by atoms with van der Waals surface area (Å²) in [6.07, 6.45) is 0.496. The molecule has 0 aromatic carbocycles. The molecule has 1 unspecified atom stereocenters. The smallest absolute Gasteiger partial charge is 0.292 e. The van der Waals surface area contributed by atoms with Crippen molar-refractivity contribution in [3.63, 3.8) is 0 Å². The summed E-state index contributed by atoms with van der Waals surface area (Å²) in [4.78, 5) is 9.72. The Morgan fingerprint density at radius 3 is 2.58 bits per heavy atom. The van der Waals surface area contributed by atoms with Gasteiger partial charge in [-0.1, -0.05) is 6.92 Å². The molecule has 6 nitrogen and oxygen atoms in total. The SMILES string of the molecule is CCC(OCNC=O)S(=O)(=O)O. The third-order valence-electron chi connectivity index (χ3n) is 1.10. The van der Waals surface area contributed by atoms with E-state index in [2.05, 4.69) is 10.1 Å². The normalized spacial score (nSPS) is 13.8. The first-order chi connectivity index (χ1) is 5.52. The highest BCUT2D eigenvalue weighted by molar-refractivity contribution is 7.86. The van der Waals surface area contributed by atoms with Crippen LogP contribution in [0.3, 0.4) is 0 Å². The topological polar surface area (TPSA) is 92.7 Å². The lowest BCUT2D eigenvalue weighted by molar-refractivity contribution is -0.111. The van der Waals surface area contributed by atoms with Crippen LogP contribution in [0.25, 0.3) is 0 Å². The Balaban J connectivity index is 3.93. The third-order valence-corrected chi connectivity index (χ3v) is 2.24. The Labute approximate surface area is 70.7 Å². The van der Waals surface area contributed by atoms with E-state index in [-0.39, 0.29) is 13.2 Å². The van der Waals surface area contributed by atoms with Crippen molar-refractivity contribution in [2.75, 3.05) is 6.73 Å². The monoisotopic (exact) mass is 197 g/mol. The fourth-order valence-electron chi connectivity index (χ4n) is 0.590. The summed E-state index contributed by atoms with van der Waals surface area (Å²) in [5.41, 5.74) is -1.27. The maximum atomic E-state index is 10.5. The molecule has 0 rings (SSSR count). The van der Waals surface area contributed by atoms with Gasteiger partial charge in [-0.25, -0.2) is 0 Å². The van der Waals surface area contributed by atoms with E-state index >= 15 is 0 Å². The second-order valence-corrected chi connectivity index (χ2v) is 3.54. The van der Waals surface area contributed by atoms with Crippen LogP contribution in [0, 0.1) is 0 Å². The highest BCUT2D eigenvalue weighted by Gasteiger charge is 2.20. The standard InChI is InChI=1S/C5H11NO5S/c1-2-5(12(8,9)10)11-4-6-3-7/h3,5H,2,4H2,1H3,(H,6,7)(H,8,9,10). The molecule has 0 aromatic rings. The number of carbonyl (C=O) groups is 1. The van der Waals surface area contributed by atoms with Crippen LogP contribution < -0.4 is 5.32 Å². The molecule has 0 aliphatic carbocycles. The van der Waals surface area contributed by atoms with Gasteiger partial charge in [-0.05, 0) is 6.42 Å². The van der Waals surface area contributed by atoms with Gasteiger partial charge in [0.15, 0.2) is 5.44 Å². The van der Waals surface area contributed by atoms with Crippen molar-refractivity contribution in [1.29, 1.82) is 0 Å². The van der Waals surface area contributed by atoms with Crippen molar-refractivity contribution in [2.24, 2.45) is 0 Å². The van der Waals surface area contributed by atoms with E-state index in [4.69, 9.17) is 4.55 Å². The quantitative estimate of drug-likeness (QED) is 0.255. The summed E-state index contributed by atoms with van der Waals surface area (Å²) in [7, 11) is -4.17. The van der Waals surface area contributed by atoms with Gasteiger partial charge in [0.1, 0.15) is 6.73 Å². The Morgan fingerprint density at radius 1 is 1.67 bits per heavy atom. The molecule has 0 aliphatic heterocycles. The number of hydrogen-bond acceptors (Lipinski definition) is 4. The highest BCUT2D eigenvalue weighted by atomic mass is 32.2. The molecule has 0 fully saturated rings. The van der Waals surface area contributed by atoms with Crippen molar-refractivity contribution in [2.45, 2.75) is 18.8 Å². The van der Waals surface area contributed by atoms with E-state index < -0.39 is 15.6 Å². The zero-order valence-corrected chi connectivity index (χ0v) is 7.37. The molecule has 0 heterocycles. The molecule has 0 aromatic heterocycles. The van der Waals surface area contributed by atoms with Gasteiger partial charge in [-0.3, -0.25) is 9.35 Å². The van der Waals surface area contributed by atoms with Gasteiger partial charge in [0.05, 0.1) is 0 Å². The molecule has 2 N–H and O–H groups in total. The molecule has 0 spiro atoms. The van der Waals surface area contributed by atoms with Crippen LogP contribution >= 0.6 is 0 Å². The predicted octanol–water partition coefficient (Wildman–Crippen LogP) is -0.670. The largest absolute Gasteiger partial charge is 0.340 e. The Kier molecular flexibility index (Phi) is 4.79. The molecule has 12 heavy (non-hydrogen) atoms. The van der Waals surface area contributed by atoms with Crippen LogP contribution in [0.4, 0.5) is 0 Å². The average molecular weight is 197 g/mol. The first-order valence-electron chi connectivity index (χ1n) is 3.27. The minimum atomic E-state index is -4.17. The van der Waals surface area contributed by atoms with Crippen LogP contribution in [0.1, 0.15) is 13.3 Å². The van der Waals surface area contributed by atoms with Crippen LogP contribution in [0.5, 0.6) is 0 Å². The van der Waals surface area contributed by atoms with E-state index in [9.17, 15) is 13.2 Å². The predicted molar refractivity (Wildman–Crippen MR) is 40.8 cm³/mol. The second kappa shape index (κ2) is 5.07. The fraction of sp³-hybridized carbons (Fsp3) is 0.800. The number of carbonyl (C=O) groups excluding carboxylic acids is 1. The minimum Gasteiger partial charge on any atom is -0.340 e. The van der Waals surface area contributed by atoms with Crippen molar-refractivity contribution in [3.8, 4) is 0 Å². The van der Waals surface area contributed by atoms with Crippen LogP contribution in [-0.4, -0.2) is 31.5 Å². The van der Waals surface area contributed by atoms with Crippen molar-refractivity contribution in [1.82, 2.24) is 5.32 Å². The average Bonchev–Trinajstić information content (AvgIpc) is 1.95. The van der Waals surface area contributed by atoms with E-state index in [1.165, 1.54) is 0 Å². The molecule has 72 valence electrons. The molecule has 7 heteroatoms. The lowest BCUT2D eigenvalue weighted by Gasteiger charge is -2.11. The first kappa shape index (κ1) is 11.3. The maximum Gasteiger partial charge on any atom is 0.292 e. The second-order valence-electron chi connectivity index (χ2n) is 1.99. The summed E-state index contributed by atoms with van der Waals surface area (Å²) in [6, 6.07) is 0. The fourth-order valence-corrected chi connectivity index (χ4v) is 1.25. The number of rotatable bonds is 6. The minimum absolute atomic E-state index is 0.124. The lowest BCUT2D eigenvalue weighted by Crippen LogP contribution is -2.28. The molecule has 1 atom stereocenters. The lowest BCUT2D eigenvalue weighted by atomic mass is 10.5. The summed E-state index contributed by atoms with van der Waals surface area (Å²) < 4.78 is 34.1. The Hall–Kier alpha value is -0.660. The van der Waals surface area contributed by atoms with Crippen LogP contribution in [0.15, 0.2) is 0 Å². The number of amides is 1. The van der Waals surface area contributed by atoms with Gasteiger partial charge >= 0.3 is 0 Å². The summed E-state index contributed by atoms with van der Waals surface area (Å²) >= 11 is 0. The number of ether oxygens (including phenoxy) is 1. The first-order valence-corrected chi connectivity index (χ1v) is 4.77. The summed E-state index contributed by atoms with van der Waals surface area (Å²) in [5.74, 6) is 0. The molecular formula is C5H11NO5S. The summed E-state index contributed by atoms with van der Waals surface area (Å²) in [5, 5.41) is 2.11. The van der Waals surface area contributed by atoms with E-state index in [0.717, 1.165) is 0 Å². The van der Waals surface area contributed by atoms with E-state index in [1.807, 2.05) is 0 Å². The Bertz CT molecular complexity index is 224.